The van der Waals surface area contributed by atoms with Crippen molar-refractivity contribution in [2.45, 2.75) is 16.4 Å². The number of alkyl halides is 6. The topological polar surface area (TPSA) is 113 Å². The van der Waals surface area contributed by atoms with Gasteiger partial charge in [-0.1, -0.05) is 5.04 Å². The van der Waals surface area contributed by atoms with Crippen molar-refractivity contribution >= 4 is 24.1 Å². The van der Waals surface area contributed by atoms with E-state index in [4.69, 9.17) is 33.7 Å². The Kier molecular flexibility index (Phi) is 14.4. The van der Waals surface area contributed by atoms with Gasteiger partial charge in [0.25, 0.3) is 0 Å². The van der Waals surface area contributed by atoms with Gasteiger partial charge in [-0.05, 0) is 12.1 Å². The molecule has 0 aliphatic carbocycles. The number of fused-ring (bicyclic) bond motifs is 1. The minimum Gasteiger partial charge on any atom is -0.487 e. The quantitative estimate of drug-likeness (QED) is 0.186. The summed E-state index contributed by atoms with van der Waals surface area (Å²) in [4.78, 5) is 4.54. The molecule has 220 valence electrons. The van der Waals surface area contributed by atoms with Crippen LogP contribution >= 0.6 is 24.1 Å². The molecule has 0 radical (unpaired) electrons. The lowest BCUT2D eigenvalue weighted by Gasteiger charge is -2.29. The molecule has 1 N–H and O–H groups in total. The van der Waals surface area contributed by atoms with Crippen molar-refractivity contribution in [3.05, 3.63) is 18.2 Å². The van der Waals surface area contributed by atoms with E-state index in [0.29, 0.717) is 33.0 Å². The van der Waals surface area contributed by atoms with E-state index in [0.717, 1.165) is 12.1 Å². The summed E-state index contributed by atoms with van der Waals surface area (Å²) in [5.41, 5.74) is 0. The molecule has 1 aromatic rings. The molecule has 0 atom stereocenters. The van der Waals surface area contributed by atoms with Crippen LogP contribution in [0.25, 0.3) is 0 Å². The minimum atomic E-state index is -6.03. The van der Waals surface area contributed by atoms with Crippen LogP contribution < -0.4 is 14.4 Å². The molecular weight excluding hydrogens is 582 g/mol. The molecular formula is C19H24F6O11S2. The smallest absolute Gasteiger partial charge is 0.396 e. The van der Waals surface area contributed by atoms with Gasteiger partial charge in [-0.2, -0.15) is 26.3 Å². The Bertz CT molecular complexity index is 812. The molecule has 11 nitrogen and oxygen atoms in total. The number of ether oxygens (including phenoxy) is 6. The molecule has 0 bridgehead atoms. The molecule has 1 aliphatic heterocycles. The van der Waals surface area contributed by atoms with Gasteiger partial charge in [0.15, 0.2) is 17.2 Å². The molecule has 0 saturated carbocycles. The highest BCUT2D eigenvalue weighted by atomic mass is 32.2. The number of hydrogen-bond donors (Lipinski definition) is 1. The van der Waals surface area contributed by atoms with Crippen molar-refractivity contribution in [2.75, 3.05) is 66.1 Å². The minimum absolute atomic E-state index is 0.0195. The molecule has 1 aromatic carbocycles. The third-order valence-electron chi connectivity index (χ3n) is 4.17. The Morgan fingerprint density at radius 2 is 1.08 bits per heavy atom. The van der Waals surface area contributed by atoms with E-state index < -0.39 is 40.5 Å². The van der Waals surface area contributed by atoms with E-state index in [-0.39, 0.29) is 50.3 Å². The second-order valence-corrected chi connectivity index (χ2v) is 8.45. The van der Waals surface area contributed by atoms with Crippen molar-refractivity contribution in [1.29, 1.82) is 0 Å². The number of benzene rings is 1. The van der Waals surface area contributed by atoms with Crippen molar-refractivity contribution < 1.29 is 78.6 Å². The Morgan fingerprint density at radius 1 is 0.632 bits per heavy atom. The lowest BCUT2D eigenvalue weighted by Crippen LogP contribution is -2.50. The summed E-state index contributed by atoms with van der Waals surface area (Å²) in [5, 5.41) is -0.503. The van der Waals surface area contributed by atoms with Crippen LogP contribution in [-0.2, 0) is 32.7 Å². The van der Waals surface area contributed by atoms with Gasteiger partial charge >= 0.3 is 16.4 Å². The molecule has 0 amide bonds. The molecule has 0 spiro atoms. The van der Waals surface area contributed by atoms with Crippen LogP contribution in [0.5, 0.6) is 17.2 Å². The highest BCUT2D eigenvalue weighted by molar-refractivity contribution is 7.96. The Labute approximate surface area is 221 Å². The summed E-state index contributed by atoms with van der Waals surface area (Å²) >= 11 is -2.91. The van der Waals surface area contributed by atoms with Crippen LogP contribution in [0.3, 0.4) is 0 Å². The van der Waals surface area contributed by atoms with Gasteiger partial charge in [-0.25, -0.2) is 5.26 Å². The third-order valence-corrected chi connectivity index (χ3v) is 5.37. The molecule has 38 heavy (non-hydrogen) atoms. The Morgan fingerprint density at radius 3 is 1.58 bits per heavy atom. The zero-order valence-corrected chi connectivity index (χ0v) is 21.1. The van der Waals surface area contributed by atoms with Crippen molar-refractivity contribution in [3.8, 4) is 17.2 Å². The van der Waals surface area contributed by atoms with Crippen LogP contribution in [0.2, 0.25) is 0 Å². The third kappa shape index (κ3) is 10.6. The Balaban J connectivity index is 1.98. The molecule has 0 fully saturated rings. The SMILES string of the molecule is OOOSC(F)(F)C(F)(F)C(F)(F)SOOc1ccc2c(c1)OCCOCCOCCOCCOCCO2. The summed E-state index contributed by atoms with van der Waals surface area (Å²) in [6.07, 6.45) is 0. The molecule has 19 heteroatoms. The summed E-state index contributed by atoms with van der Waals surface area (Å²) in [6.45, 7) is 2.51. The summed E-state index contributed by atoms with van der Waals surface area (Å²) in [6, 6.07) is 3.59. The molecule has 1 aliphatic rings. The highest BCUT2D eigenvalue weighted by Gasteiger charge is 2.74. The van der Waals surface area contributed by atoms with Crippen LogP contribution in [0.15, 0.2) is 18.2 Å². The monoisotopic (exact) mass is 606 g/mol. The van der Waals surface area contributed by atoms with E-state index >= 15 is 0 Å². The first-order chi connectivity index (χ1) is 18.1. The highest BCUT2D eigenvalue weighted by Crippen LogP contribution is 2.55. The van der Waals surface area contributed by atoms with Gasteiger partial charge in [0.2, 0.25) is 0 Å². The summed E-state index contributed by atoms with van der Waals surface area (Å²) in [7, 11) is 0. The largest absolute Gasteiger partial charge is 0.487 e. The predicted molar refractivity (Wildman–Crippen MR) is 117 cm³/mol. The zero-order valence-electron chi connectivity index (χ0n) is 19.4. The molecule has 1 heterocycles. The van der Waals surface area contributed by atoms with Gasteiger partial charge in [0, 0.05) is 6.07 Å². The van der Waals surface area contributed by atoms with Gasteiger partial charge in [0.05, 0.1) is 52.9 Å². The van der Waals surface area contributed by atoms with Gasteiger partial charge < -0.3 is 33.3 Å². The van der Waals surface area contributed by atoms with Gasteiger partial charge in [-0.3, -0.25) is 0 Å². The standard InChI is InChI=1S/C19H24F6O11S2/c20-17(21,19(24,25)38-36-34-26)18(22,23)37-35-33-14-1-2-15-16(13-14)32-12-10-30-8-6-28-4-3-27-5-7-29-9-11-31-15/h1-2,13,26H,3-12H2. The predicted octanol–water partition coefficient (Wildman–Crippen LogP) is 4.37. The Hall–Kier alpha value is -1.42. The summed E-state index contributed by atoms with van der Waals surface area (Å²) < 4.78 is 121. The van der Waals surface area contributed by atoms with E-state index in [1.165, 1.54) is 6.07 Å². The maximum Gasteiger partial charge on any atom is 0.396 e. The normalized spacial score (nSPS) is 17.9. The second-order valence-electron chi connectivity index (χ2n) is 6.82. The van der Waals surface area contributed by atoms with Crippen LogP contribution in [0.1, 0.15) is 0 Å². The fourth-order valence-electron chi connectivity index (χ4n) is 2.39. The molecule has 2 rings (SSSR count). The first-order valence-electron chi connectivity index (χ1n) is 10.6. The first-order valence-corrected chi connectivity index (χ1v) is 12.1. The van der Waals surface area contributed by atoms with Crippen molar-refractivity contribution in [3.63, 3.8) is 0 Å². The number of hydrogen-bond acceptors (Lipinski definition) is 13. The average molecular weight is 607 g/mol. The molecule has 0 aromatic heterocycles. The van der Waals surface area contributed by atoms with Crippen molar-refractivity contribution in [1.82, 2.24) is 0 Å². The fourth-order valence-corrected chi connectivity index (χ4v) is 3.23. The second kappa shape index (κ2) is 16.6. The van der Waals surface area contributed by atoms with Crippen LogP contribution in [0, 0.1) is 0 Å². The number of halogens is 6. The average Bonchev–Trinajstić information content (AvgIpc) is 2.87. The van der Waals surface area contributed by atoms with E-state index in [1.807, 2.05) is 0 Å². The van der Waals surface area contributed by atoms with Gasteiger partial charge in [0.1, 0.15) is 37.3 Å². The van der Waals surface area contributed by atoms with Gasteiger partial charge in [-0.15, -0.1) is 8.67 Å². The van der Waals surface area contributed by atoms with E-state index in [9.17, 15) is 26.3 Å². The molecule has 0 unspecified atom stereocenters. The first kappa shape index (κ1) is 32.8. The number of rotatable bonds is 9. The lowest BCUT2D eigenvalue weighted by molar-refractivity contribution is -0.434. The zero-order chi connectivity index (χ0) is 27.9. The summed E-state index contributed by atoms with van der Waals surface area (Å²) in [5.74, 6) is -6.11. The van der Waals surface area contributed by atoms with Crippen LogP contribution in [-0.4, -0.2) is 87.8 Å². The fraction of sp³-hybridized carbons (Fsp3) is 0.684. The van der Waals surface area contributed by atoms with Crippen molar-refractivity contribution in [2.24, 2.45) is 0 Å². The lowest BCUT2D eigenvalue weighted by atomic mass is 10.3. The maximum absolute atomic E-state index is 13.8. The maximum atomic E-state index is 13.8. The molecule has 0 saturated heterocycles. The van der Waals surface area contributed by atoms with E-state index in [1.54, 1.807) is 0 Å². The van der Waals surface area contributed by atoms with Crippen LogP contribution in [0.4, 0.5) is 26.3 Å². The van der Waals surface area contributed by atoms with E-state index in [2.05, 4.69) is 18.6 Å².